The molecule has 28 heavy (non-hydrogen) atoms. The highest BCUT2D eigenvalue weighted by atomic mass is 32.2. The Morgan fingerprint density at radius 1 is 1.04 bits per heavy atom. The minimum atomic E-state index is -3.03. The average molecular weight is 467 g/mol. The summed E-state index contributed by atoms with van der Waals surface area (Å²) in [5, 5.41) is 8.15. The van der Waals surface area contributed by atoms with Gasteiger partial charge in [0.2, 0.25) is 11.8 Å². The fourth-order valence-electron chi connectivity index (χ4n) is 2.97. The zero-order chi connectivity index (χ0) is 20.7. The van der Waals surface area contributed by atoms with Gasteiger partial charge in [0.25, 0.3) is 0 Å². The number of hydrogen-bond donors (Lipinski definition) is 0. The van der Waals surface area contributed by atoms with E-state index in [2.05, 4.69) is 10.2 Å². The smallest absolute Gasteiger partial charge is 0.233 e. The highest BCUT2D eigenvalue weighted by molar-refractivity contribution is 8.03. The molecule has 8 nitrogen and oxygen atoms in total. The molecule has 1 saturated heterocycles. The van der Waals surface area contributed by atoms with Gasteiger partial charge in [-0.15, -0.1) is 10.2 Å². The standard InChI is InChI=1S/C16H26N4O4S4/c1-4-19(5-2)13(21)9-25-15-17-18-16(27-15)26-10-14(22)20(6-3)12-7-8-28(23,24)11-12/h12H,4-11H2,1-3H3. The van der Waals surface area contributed by atoms with Crippen molar-refractivity contribution in [2.24, 2.45) is 0 Å². The van der Waals surface area contributed by atoms with Crippen molar-refractivity contribution in [1.29, 1.82) is 0 Å². The Morgan fingerprint density at radius 2 is 1.61 bits per heavy atom. The summed E-state index contributed by atoms with van der Waals surface area (Å²) in [7, 11) is -3.03. The van der Waals surface area contributed by atoms with Crippen LogP contribution in [0.15, 0.2) is 8.68 Å². The van der Waals surface area contributed by atoms with Crippen LogP contribution in [0.5, 0.6) is 0 Å². The minimum absolute atomic E-state index is 0.0530. The second kappa shape index (κ2) is 10.8. The van der Waals surface area contributed by atoms with E-state index in [9.17, 15) is 18.0 Å². The third-order valence-electron chi connectivity index (χ3n) is 4.45. The van der Waals surface area contributed by atoms with Crippen molar-refractivity contribution in [2.45, 2.75) is 41.9 Å². The summed E-state index contributed by atoms with van der Waals surface area (Å²) in [5.74, 6) is 0.701. The monoisotopic (exact) mass is 466 g/mol. The molecule has 0 bridgehead atoms. The van der Waals surface area contributed by atoms with Crippen LogP contribution in [0, 0.1) is 0 Å². The lowest BCUT2D eigenvalue weighted by molar-refractivity contribution is -0.130. The number of aromatic nitrogens is 2. The zero-order valence-corrected chi connectivity index (χ0v) is 19.6. The second-order valence-electron chi connectivity index (χ2n) is 6.21. The van der Waals surface area contributed by atoms with Gasteiger partial charge in [-0.2, -0.15) is 0 Å². The number of sulfone groups is 1. The number of thioether (sulfide) groups is 2. The molecule has 0 saturated carbocycles. The Balaban J connectivity index is 1.83. The molecule has 1 unspecified atom stereocenters. The van der Waals surface area contributed by atoms with Crippen molar-refractivity contribution >= 4 is 56.5 Å². The van der Waals surface area contributed by atoms with Gasteiger partial charge in [-0.25, -0.2) is 8.42 Å². The van der Waals surface area contributed by atoms with Gasteiger partial charge in [0.05, 0.1) is 23.0 Å². The van der Waals surface area contributed by atoms with Gasteiger partial charge in [0, 0.05) is 25.7 Å². The molecule has 0 aliphatic carbocycles. The van der Waals surface area contributed by atoms with Gasteiger partial charge in [-0.3, -0.25) is 9.59 Å². The van der Waals surface area contributed by atoms with E-state index in [1.807, 2.05) is 20.8 Å². The Labute approximate surface area is 178 Å². The lowest BCUT2D eigenvalue weighted by atomic mass is 10.2. The third kappa shape index (κ3) is 6.60. The maximum absolute atomic E-state index is 12.5. The van der Waals surface area contributed by atoms with Gasteiger partial charge in [-0.1, -0.05) is 34.9 Å². The normalized spacial score (nSPS) is 18.2. The van der Waals surface area contributed by atoms with Crippen LogP contribution in [-0.2, 0) is 19.4 Å². The largest absolute Gasteiger partial charge is 0.343 e. The number of carbonyl (C=O) groups excluding carboxylic acids is 2. The Hall–Kier alpha value is -0.850. The number of nitrogens with zero attached hydrogens (tertiary/aromatic N) is 4. The summed E-state index contributed by atoms with van der Waals surface area (Å²) >= 11 is 4.01. The number of amides is 2. The van der Waals surface area contributed by atoms with Crippen LogP contribution in [0.3, 0.4) is 0 Å². The van der Waals surface area contributed by atoms with Gasteiger partial charge < -0.3 is 9.80 Å². The zero-order valence-electron chi connectivity index (χ0n) is 16.3. The van der Waals surface area contributed by atoms with Gasteiger partial charge in [-0.05, 0) is 27.2 Å². The average Bonchev–Trinajstić information content (AvgIpc) is 3.26. The van der Waals surface area contributed by atoms with Gasteiger partial charge in [0.15, 0.2) is 18.5 Å². The minimum Gasteiger partial charge on any atom is -0.343 e. The van der Waals surface area contributed by atoms with Gasteiger partial charge in [0.1, 0.15) is 0 Å². The highest BCUT2D eigenvalue weighted by Gasteiger charge is 2.33. The summed E-state index contributed by atoms with van der Waals surface area (Å²) < 4.78 is 24.7. The lowest BCUT2D eigenvalue weighted by Crippen LogP contribution is -2.41. The highest BCUT2D eigenvalue weighted by Crippen LogP contribution is 2.29. The van der Waals surface area contributed by atoms with Crippen molar-refractivity contribution in [3.05, 3.63) is 0 Å². The molecule has 2 heterocycles. The first-order chi connectivity index (χ1) is 13.3. The van der Waals surface area contributed by atoms with Crippen LogP contribution in [-0.4, -0.2) is 88.9 Å². The van der Waals surface area contributed by atoms with Crippen LogP contribution >= 0.6 is 34.9 Å². The van der Waals surface area contributed by atoms with E-state index in [1.54, 1.807) is 9.80 Å². The molecule has 0 radical (unpaired) electrons. The van der Waals surface area contributed by atoms with Crippen molar-refractivity contribution in [3.63, 3.8) is 0 Å². The molecule has 1 aromatic rings. The summed E-state index contributed by atoms with van der Waals surface area (Å²) in [6, 6.07) is -0.227. The molecule has 0 N–H and O–H groups in total. The Bertz CT molecular complexity index is 779. The quantitative estimate of drug-likeness (QED) is 0.480. The lowest BCUT2D eigenvalue weighted by Gasteiger charge is -2.26. The third-order valence-corrected chi connectivity index (χ3v) is 9.36. The molecular formula is C16H26N4O4S4. The van der Waals surface area contributed by atoms with E-state index in [-0.39, 0.29) is 35.1 Å². The maximum atomic E-state index is 12.5. The first kappa shape index (κ1) is 23.4. The summed E-state index contributed by atoms with van der Waals surface area (Å²) in [6.07, 6.45) is 0.507. The van der Waals surface area contributed by atoms with E-state index in [0.29, 0.717) is 40.5 Å². The fourth-order valence-corrected chi connectivity index (χ4v) is 7.51. The number of rotatable bonds is 10. The molecule has 1 aliphatic rings. The summed E-state index contributed by atoms with van der Waals surface area (Å²) in [5.41, 5.74) is 0. The van der Waals surface area contributed by atoms with Crippen molar-refractivity contribution < 1.29 is 18.0 Å². The van der Waals surface area contributed by atoms with E-state index in [1.165, 1.54) is 34.9 Å². The SMILES string of the molecule is CCN(CC)C(=O)CSc1nnc(SCC(=O)N(CC)C2CCS(=O)(=O)C2)s1. The molecule has 1 atom stereocenters. The molecule has 0 spiro atoms. The van der Waals surface area contributed by atoms with Crippen molar-refractivity contribution in [3.8, 4) is 0 Å². The topological polar surface area (TPSA) is 101 Å². The number of hydrogen-bond acceptors (Lipinski definition) is 9. The summed E-state index contributed by atoms with van der Waals surface area (Å²) in [4.78, 5) is 28.0. The summed E-state index contributed by atoms with van der Waals surface area (Å²) in [6.45, 7) is 7.62. The molecule has 1 aromatic heterocycles. The Kier molecular flexibility index (Phi) is 9.03. The van der Waals surface area contributed by atoms with E-state index < -0.39 is 9.84 Å². The molecule has 2 rings (SSSR count). The van der Waals surface area contributed by atoms with Crippen LogP contribution in [0.1, 0.15) is 27.2 Å². The molecule has 12 heteroatoms. The predicted octanol–water partition coefficient (Wildman–Crippen LogP) is 1.63. The van der Waals surface area contributed by atoms with Crippen molar-refractivity contribution in [2.75, 3.05) is 42.6 Å². The van der Waals surface area contributed by atoms with Crippen molar-refractivity contribution in [1.82, 2.24) is 20.0 Å². The molecule has 2 amide bonds. The first-order valence-electron chi connectivity index (χ1n) is 9.16. The fraction of sp³-hybridized carbons (Fsp3) is 0.750. The Morgan fingerprint density at radius 3 is 2.07 bits per heavy atom. The molecular weight excluding hydrogens is 440 g/mol. The van der Waals surface area contributed by atoms with Gasteiger partial charge >= 0.3 is 0 Å². The molecule has 0 aromatic carbocycles. The molecule has 158 valence electrons. The van der Waals surface area contributed by atoms with Crippen LogP contribution in [0.4, 0.5) is 0 Å². The maximum Gasteiger partial charge on any atom is 0.233 e. The van der Waals surface area contributed by atoms with E-state index in [0.717, 1.165) is 0 Å². The molecule has 1 aliphatic heterocycles. The second-order valence-corrected chi connectivity index (χ2v) is 11.9. The van der Waals surface area contributed by atoms with E-state index >= 15 is 0 Å². The van der Waals surface area contributed by atoms with Crippen LogP contribution in [0.2, 0.25) is 0 Å². The van der Waals surface area contributed by atoms with Crippen LogP contribution in [0.25, 0.3) is 0 Å². The van der Waals surface area contributed by atoms with E-state index in [4.69, 9.17) is 0 Å². The number of carbonyl (C=O) groups is 2. The van der Waals surface area contributed by atoms with Crippen LogP contribution < -0.4 is 0 Å². The predicted molar refractivity (Wildman–Crippen MR) is 114 cm³/mol. The first-order valence-corrected chi connectivity index (χ1v) is 13.8. The molecule has 1 fully saturated rings.